The first kappa shape index (κ1) is 16.3. The molecule has 6 nitrogen and oxygen atoms in total. The number of rotatable bonds is 5. The number of phenolic OH excluding ortho intramolecular Hbond substituents is 1. The molecular formula is C18H21N3O3. The van der Waals surface area contributed by atoms with Gasteiger partial charge in [0, 0.05) is 27.2 Å². The SMILES string of the molecule is Cn1c(=O)n(C)c2cc(CNC[C@H](O)c3cccc(O)c3)ccc21. The lowest BCUT2D eigenvalue weighted by Gasteiger charge is -2.12. The van der Waals surface area contributed by atoms with Crippen molar-refractivity contribution in [2.45, 2.75) is 12.6 Å². The first-order chi connectivity index (χ1) is 11.5. The lowest BCUT2D eigenvalue weighted by Crippen LogP contribution is -2.21. The number of benzene rings is 2. The zero-order valence-corrected chi connectivity index (χ0v) is 13.7. The molecule has 0 fully saturated rings. The monoisotopic (exact) mass is 327 g/mol. The molecule has 0 radical (unpaired) electrons. The summed E-state index contributed by atoms with van der Waals surface area (Å²) in [6.45, 7) is 0.949. The van der Waals surface area contributed by atoms with E-state index in [2.05, 4.69) is 5.32 Å². The summed E-state index contributed by atoms with van der Waals surface area (Å²) in [5.74, 6) is 0.141. The van der Waals surface area contributed by atoms with E-state index in [0.29, 0.717) is 18.7 Å². The van der Waals surface area contributed by atoms with Crippen molar-refractivity contribution in [2.75, 3.05) is 6.54 Å². The van der Waals surface area contributed by atoms with Gasteiger partial charge in [-0.15, -0.1) is 0 Å². The maximum Gasteiger partial charge on any atom is 0.328 e. The fourth-order valence-electron chi connectivity index (χ4n) is 2.87. The van der Waals surface area contributed by atoms with Crippen molar-refractivity contribution in [2.24, 2.45) is 14.1 Å². The molecule has 2 aromatic carbocycles. The Hall–Kier alpha value is -2.57. The largest absolute Gasteiger partial charge is 0.508 e. The van der Waals surface area contributed by atoms with Crippen LogP contribution in [-0.4, -0.2) is 25.9 Å². The average Bonchev–Trinajstić information content (AvgIpc) is 2.79. The number of phenols is 1. The summed E-state index contributed by atoms with van der Waals surface area (Å²) >= 11 is 0. The molecule has 0 bridgehead atoms. The van der Waals surface area contributed by atoms with Crippen LogP contribution in [0.5, 0.6) is 5.75 Å². The Morgan fingerprint density at radius 1 is 1.08 bits per heavy atom. The first-order valence-corrected chi connectivity index (χ1v) is 7.79. The molecule has 0 saturated carbocycles. The molecular weight excluding hydrogens is 306 g/mol. The van der Waals surface area contributed by atoms with E-state index in [1.807, 2.05) is 18.2 Å². The first-order valence-electron chi connectivity index (χ1n) is 7.79. The highest BCUT2D eigenvalue weighted by Gasteiger charge is 2.10. The Morgan fingerprint density at radius 3 is 2.58 bits per heavy atom. The number of nitrogens with zero attached hydrogens (tertiary/aromatic N) is 2. The van der Waals surface area contributed by atoms with Gasteiger partial charge in [0.15, 0.2) is 0 Å². The van der Waals surface area contributed by atoms with Crippen LogP contribution in [0.15, 0.2) is 47.3 Å². The number of hydrogen-bond donors (Lipinski definition) is 3. The van der Waals surface area contributed by atoms with Crippen molar-refractivity contribution in [3.63, 3.8) is 0 Å². The average molecular weight is 327 g/mol. The number of nitrogens with one attached hydrogen (secondary N) is 1. The summed E-state index contributed by atoms with van der Waals surface area (Å²) < 4.78 is 3.25. The van der Waals surface area contributed by atoms with Crippen LogP contribution < -0.4 is 11.0 Å². The molecule has 1 heterocycles. The standard InChI is InChI=1S/C18H21N3O3/c1-20-15-7-6-12(8-16(15)21(2)18(20)24)10-19-11-17(23)13-4-3-5-14(22)9-13/h3-9,17,19,22-23H,10-11H2,1-2H3/t17-/m0/s1. The van der Waals surface area contributed by atoms with Gasteiger partial charge in [-0.3, -0.25) is 9.13 Å². The molecule has 0 aliphatic rings. The van der Waals surface area contributed by atoms with Crippen LogP contribution in [0.3, 0.4) is 0 Å². The van der Waals surface area contributed by atoms with E-state index >= 15 is 0 Å². The van der Waals surface area contributed by atoms with E-state index in [9.17, 15) is 15.0 Å². The van der Waals surface area contributed by atoms with E-state index in [1.165, 1.54) is 0 Å². The second-order valence-corrected chi connectivity index (χ2v) is 5.97. The van der Waals surface area contributed by atoms with Crippen LogP contribution in [0.25, 0.3) is 11.0 Å². The molecule has 6 heteroatoms. The Bertz CT molecular complexity index is 927. The molecule has 0 spiro atoms. The molecule has 1 aromatic heterocycles. The highest BCUT2D eigenvalue weighted by Crippen LogP contribution is 2.18. The van der Waals surface area contributed by atoms with Gasteiger partial charge in [-0.1, -0.05) is 18.2 Å². The van der Waals surface area contributed by atoms with E-state index < -0.39 is 6.10 Å². The third kappa shape index (κ3) is 3.06. The highest BCUT2D eigenvalue weighted by atomic mass is 16.3. The fourth-order valence-corrected chi connectivity index (χ4v) is 2.87. The summed E-state index contributed by atoms with van der Waals surface area (Å²) in [5.41, 5.74) is 3.44. The Morgan fingerprint density at radius 2 is 1.83 bits per heavy atom. The summed E-state index contributed by atoms with van der Waals surface area (Å²) in [5, 5.41) is 22.8. The quantitative estimate of drug-likeness (QED) is 0.662. The minimum Gasteiger partial charge on any atom is -0.508 e. The number of hydrogen-bond acceptors (Lipinski definition) is 4. The second-order valence-electron chi connectivity index (χ2n) is 5.97. The predicted molar refractivity (Wildman–Crippen MR) is 92.9 cm³/mol. The number of aromatic hydroxyl groups is 1. The van der Waals surface area contributed by atoms with Crippen LogP contribution in [0, 0.1) is 0 Å². The maximum atomic E-state index is 11.9. The smallest absolute Gasteiger partial charge is 0.328 e. The maximum absolute atomic E-state index is 11.9. The van der Waals surface area contributed by atoms with Crippen LogP contribution >= 0.6 is 0 Å². The van der Waals surface area contributed by atoms with Crippen molar-refractivity contribution < 1.29 is 10.2 Å². The van der Waals surface area contributed by atoms with Gasteiger partial charge in [-0.2, -0.15) is 0 Å². The third-order valence-electron chi connectivity index (χ3n) is 4.26. The lowest BCUT2D eigenvalue weighted by molar-refractivity contribution is 0.174. The topological polar surface area (TPSA) is 79.4 Å². The van der Waals surface area contributed by atoms with E-state index in [-0.39, 0.29) is 11.4 Å². The molecule has 0 aliphatic heterocycles. The Kier molecular flexibility index (Phi) is 4.42. The molecule has 3 aromatic rings. The molecule has 24 heavy (non-hydrogen) atoms. The van der Waals surface area contributed by atoms with Crippen LogP contribution in [0.1, 0.15) is 17.2 Å². The summed E-state index contributed by atoms with van der Waals surface area (Å²) in [7, 11) is 3.52. The summed E-state index contributed by atoms with van der Waals surface area (Å²) in [6, 6.07) is 12.5. The Balaban J connectivity index is 1.68. The number of fused-ring (bicyclic) bond motifs is 1. The van der Waals surface area contributed by atoms with Gasteiger partial charge in [-0.05, 0) is 35.4 Å². The lowest BCUT2D eigenvalue weighted by atomic mass is 10.1. The van der Waals surface area contributed by atoms with Gasteiger partial charge in [0.25, 0.3) is 0 Å². The number of aryl methyl sites for hydroxylation is 2. The van der Waals surface area contributed by atoms with E-state index in [1.54, 1.807) is 47.5 Å². The van der Waals surface area contributed by atoms with Crippen LogP contribution in [0.4, 0.5) is 0 Å². The highest BCUT2D eigenvalue weighted by molar-refractivity contribution is 5.76. The van der Waals surface area contributed by atoms with Gasteiger partial charge < -0.3 is 15.5 Å². The molecule has 3 N–H and O–H groups in total. The van der Waals surface area contributed by atoms with Crippen LogP contribution in [-0.2, 0) is 20.6 Å². The fraction of sp³-hybridized carbons (Fsp3) is 0.278. The van der Waals surface area contributed by atoms with Gasteiger partial charge >= 0.3 is 5.69 Å². The molecule has 0 saturated heterocycles. The Labute approximate surface area is 139 Å². The number of aliphatic hydroxyl groups is 1. The van der Waals surface area contributed by atoms with E-state index in [4.69, 9.17) is 0 Å². The zero-order chi connectivity index (χ0) is 17.3. The summed E-state index contributed by atoms with van der Waals surface area (Å²) in [6.07, 6.45) is -0.693. The molecule has 1 atom stereocenters. The minimum atomic E-state index is -0.693. The number of aromatic nitrogens is 2. The van der Waals surface area contributed by atoms with Crippen molar-refractivity contribution in [3.05, 3.63) is 64.1 Å². The zero-order valence-electron chi connectivity index (χ0n) is 13.7. The van der Waals surface area contributed by atoms with Crippen molar-refractivity contribution in [1.29, 1.82) is 0 Å². The summed E-state index contributed by atoms with van der Waals surface area (Å²) in [4.78, 5) is 11.9. The van der Waals surface area contributed by atoms with Gasteiger partial charge in [0.1, 0.15) is 5.75 Å². The molecule has 126 valence electrons. The van der Waals surface area contributed by atoms with Crippen molar-refractivity contribution in [1.82, 2.24) is 14.5 Å². The second kappa shape index (κ2) is 6.51. The van der Waals surface area contributed by atoms with Gasteiger partial charge in [0.05, 0.1) is 17.1 Å². The molecule has 0 aliphatic carbocycles. The van der Waals surface area contributed by atoms with E-state index in [0.717, 1.165) is 16.6 Å². The molecule has 3 rings (SSSR count). The minimum absolute atomic E-state index is 0.0468. The normalized spacial score (nSPS) is 12.6. The number of aliphatic hydroxyl groups excluding tert-OH is 1. The van der Waals surface area contributed by atoms with Crippen molar-refractivity contribution in [3.8, 4) is 5.75 Å². The molecule has 0 unspecified atom stereocenters. The van der Waals surface area contributed by atoms with Gasteiger partial charge in [0.2, 0.25) is 0 Å². The van der Waals surface area contributed by atoms with Crippen molar-refractivity contribution >= 4 is 11.0 Å². The number of imidazole rings is 1. The van der Waals surface area contributed by atoms with Crippen LogP contribution in [0.2, 0.25) is 0 Å². The third-order valence-corrected chi connectivity index (χ3v) is 4.26. The van der Waals surface area contributed by atoms with Gasteiger partial charge in [-0.25, -0.2) is 4.79 Å². The molecule has 0 amide bonds. The predicted octanol–water partition coefficient (Wildman–Crippen LogP) is 1.41.